The molecule has 0 heterocycles. The average molecular weight is 460 g/mol. The van der Waals surface area contributed by atoms with Gasteiger partial charge in [-0.25, -0.2) is 4.79 Å². The summed E-state index contributed by atoms with van der Waals surface area (Å²) in [7, 11) is 0. The summed E-state index contributed by atoms with van der Waals surface area (Å²) < 4.78 is 0. The van der Waals surface area contributed by atoms with Crippen LogP contribution in [-0.2, 0) is 0 Å². The number of carboxylic acid groups (broad SMARTS) is 1. The minimum atomic E-state index is -1.30. The van der Waals surface area contributed by atoms with Gasteiger partial charge in [-0.3, -0.25) is 9.59 Å². The van der Waals surface area contributed by atoms with Gasteiger partial charge in [-0.15, -0.1) is 0 Å². The molecule has 3 N–H and O–H groups in total. The second-order valence-electron chi connectivity index (χ2n) is 8.03. The molecular weight excluding hydrogens is 440 g/mol. The van der Waals surface area contributed by atoms with Gasteiger partial charge in [-0.1, -0.05) is 72.8 Å². The monoisotopic (exact) mass is 460 g/mol. The Bertz CT molecular complexity index is 1610. The van der Waals surface area contributed by atoms with Crippen LogP contribution in [0.3, 0.4) is 0 Å². The molecule has 0 aliphatic heterocycles. The normalized spacial score (nSPS) is 10.7. The first-order valence-corrected chi connectivity index (χ1v) is 11.0. The highest BCUT2D eigenvalue weighted by Gasteiger charge is 2.20. The zero-order valence-electron chi connectivity index (χ0n) is 18.5. The van der Waals surface area contributed by atoms with Crippen molar-refractivity contribution in [3.05, 3.63) is 120 Å². The number of anilines is 2. The van der Waals surface area contributed by atoms with Crippen LogP contribution in [0.1, 0.15) is 31.1 Å². The minimum Gasteiger partial charge on any atom is -0.478 e. The fraction of sp³-hybridized carbons (Fsp3) is 0. The van der Waals surface area contributed by atoms with Crippen LogP contribution in [0.5, 0.6) is 0 Å². The van der Waals surface area contributed by atoms with Crippen LogP contribution >= 0.6 is 0 Å². The topological polar surface area (TPSA) is 95.5 Å². The second kappa shape index (κ2) is 9.11. The van der Waals surface area contributed by atoms with Crippen LogP contribution in [0.25, 0.3) is 21.5 Å². The van der Waals surface area contributed by atoms with Crippen LogP contribution in [-0.4, -0.2) is 22.9 Å². The Labute approximate surface area is 200 Å². The minimum absolute atomic E-state index is 0.0351. The Kier molecular flexibility index (Phi) is 5.69. The first kappa shape index (κ1) is 21.9. The van der Waals surface area contributed by atoms with Crippen LogP contribution in [0.4, 0.5) is 11.4 Å². The van der Waals surface area contributed by atoms with Crippen molar-refractivity contribution in [2.75, 3.05) is 10.6 Å². The Morgan fingerprint density at radius 3 is 1.63 bits per heavy atom. The second-order valence-corrected chi connectivity index (χ2v) is 8.03. The summed E-state index contributed by atoms with van der Waals surface area (Å²) >= 11 is 0. The fourth-order valence-corrected chi connectivity index (χ4v) is 4.11. The molecule has 35 heavy (non-hydrogen) atoms. The molecular formula is C29H20N2O4. The van der Waals surface area contributed by atoms with E-state index >= 15 is 0 Å². The summed E-state index contributed by atoms with van der Waals surface area (Å²) in [4.78, 5) is 38.0. The van der Waals surface area contributed by atoms with Gasteiger partial charge in [0.25, 0.3) is 11.8 Å². The molecule has 0 spiro atoms. The highest BCUT2D eigenvalue weighted by molar-refractivity contribution is 6.15. The van der Waals surface area contributed by atoms with Gasteiger partial charge in [-0.05, 0) is 41.1 Å². The van der Waals surface area contributed by atoms with Gasteiger partial charge in [0.05, 0.1) is 11.1 Å². The number of carbonyl (C=O) groups is 3. The van der Waals surface area contributed by atoms with Gasteiger partial charge < -0.3 is 15.7 Å². The first-order valence-electron chi connectivity index (χ1n) is 11.0. The number of hydrogen-bond donors (Lipinski definition) is 3. The lowest BCUT2D eigenvalue weighted by Crippen LogP contribution is -2.19. The molecule has 6 heteroatoms. The molecule has 0 radical (unpaired) electrons. The third-order valence-corrected chi connectivity index (χ3v) is 5.83. The molecule has 0 unspecified atom stereocenters. The zero-order valence-corrected chi connectivity index (χ0v) is 18.5. The fourth-order valence-electron chi connectivity index (χ4n) is 4.11. The molecule has 0 saturated heterocycles. The van der Waals surface area contributed by atoms with Crippen LogP contribution in [0, 0.1) is 0 Å². The van der Waals surface area contributed by atoms with Crippen molar-refractivity contribution in [3.63, 3.8) is 0 Å². The van der Waals surface area contributed by atoms with Crippen molar-refractivity contribution >= 4 is 50.7 Å². The van der Waals surface area contributed by atoms with Gasteiger partial charge in [0.2, 0.25) is 0 Å². The number of hydrogen-bond acceptors (Lipinski definition) is 3. The summed E-state index contributed by atoms with van der Waals surface area (Å²) in [6, 6.07) is 30.3. The Morgan fingerprint density at radius 2 is 1.06 bits per heavy atom. The van der Waals surface area contributed by atoms with E-state index < -0.39 is 17.8 Å². The Balaban J connectivity index is 1.44. The summed E-state index contributed by atoms with van der Waals surface area (Å²) in [5.74, 6) is -2.34. The first-order chi connectivity index (χ1) is 17.0. The number of carbonyl (C=O) groups excluding carboxylic acids is 2. The standard InChI is InChI=1S/C29H20N2O4/c32-27(30-25-13-5-9-18-7-1-3-11-21(18)25)20-15-16-23(24(17-20)29(34)35)28(33)31-26-14-6-10-19-8-2-4-12-22(19)26/h1-17H,(H,30,32)(H,31,33)(H,34,35). The average Bonchev–Trinajstić information content (AvgIpc) is 2.88. The third kappa shape index (κ3) is 4.32. The van der Waals surface area contributed by atoms with E-state index in [2.05, 4.69) is 10.6 Å². The van der Waals surface area contributed by atoms with Crippen LogP contribution in [0.2, 0.25) is 0 Å². The number of rotatable bonds is 5. The predicted octanol–water partition coefficient (Wildman–Crippen LogP) is 6.20. The van der Waals surface area contributed by atoms with E-state index in [9.17, 15) is 19.5 Å². The van der Waals surface area contributed by atoms with E-state index in [1.807, 2.05) is 72.8 Å². The van der Waals surface area contributed by atoms with Gasteiger partial charge in [0.15, 0.2) is 0 Å². The van der Waals surface area contributed by atoms with Crippen molar-refractivity contribution in [1.29, 1.82) is 0 Å². The molecule has 5 rings (SSSR count). The number of amides is 2. The molecule has 0 aliphatic carbocycles. The number of aromatic carboxylic acids is 1. The Morgan fingerprint density at radius 1 is 0.543 bits per heavy atom. The number of benzene rings is 5. The maximum atomic E-state index is 13.0. The van der Waals surface area contributed by atoms with Gasteiger partial charge in [0, 0.05) is 27.7 Å². The highest BCUT2D eigenvalue weighted by Crippen LogP contribution is 2.26. The maximum Gasteiger partial charge on any atom is 0.336 e. The van der Waals surface area contributed by atoms with E-state index in [1.165, 1.54) is 18.2 Å². The molecule has 0 saturated carbocycles. The summed E-state index contributed by atoms with van der Waals surface area (Å²) in [6.45, 7) is 0. The quantitative estimate of drug-likeness (QED) is 0.291. The van der Waals surface area contributed by atoms with E-state index in [-0.39, 0.29) is 16.7 Å². The highest BCUT2D eigenvalue weighted by atomic mass is 16.4. The van der Waals surface area contributed by atoms with E-state index in [0.29, 0.717) is 11.4 Å². The SMILES string of the molecule is O=C(Nc1cccc2ccccc12)c1ccc(C(=O)Nc2cccc3ccccc23)c(C(=O)O)c1. The lowest BCUT2D eigenvalue weighted by molar-refractivity contribution is 0.0692. The third-order valence-electron chi connectivity index (χ3n) is 5.83. The molecule has 0 atom stereocenters. The van der Waals surface area contributed by atoms with E-state index in [1.54, 1.807) is 12.1 Å². The summed E-state index contributed by atoms with van der Waals surface area (Å²) in [5.41, 5.74) is 1.03. The van der Waals surface area contributed by atoms with Crippen molar-refractivity contribution < 1.29 is 19.5 Å². The summed E-state index contributed by atoms with van der Waals surface area (Å²) in [5, 5.41) is 19.0. The van der Waals surface area contributed by atoms with Crippen molar-refractivity contribution in [1.82, 2.24) is 0 Å². The maximum absolute atomic E-state index is 13.0. The van der Waals surface area contributed by atoms with Gasteiger partial charge in [0.1, 0.15) is 0 Å². The predicted molar refractivity (Wildman–Crippen MR) is 137 cm³/mol. The molecule has 2 amide bonds. The molecule has 0 fully saturated rings. The van der Waals surface area contributed by atoms with E-state index in [0.717, 1.165) is 21.5 Å². The molecule has 5 aromatic carbocycles. The lowest BCUT2D eigenvalue weighted by atomic mass is 10.0. The van der Waals surface area contributed by atoms with Crippen molar-refractivity contribution in [2.24, 2.45) is 0 Å². The molecule has 0 aromatic heterocycles. The van der Waals surface area contributed by atoms with Crippen molar-refractivity contribution in [2.45, 2.75) is 0 Å². The van der Waals surface area contributed by atoms with Gasteiger partial charge >= 0.3 is 5.97 Å². The van der Waals surface area contributed by atoms with Crippen LogP contribution in [0.15, 0.2) is 103 Å². The lowest BCUT2D eigenvalue weighted by Gasteiger charge is -2.12. The van der Waals surface area contributed by atoms with Crippen molar-refractivity contribution in [3.8, 4) is 0 Å². The molecule has 6 nitrogen and oxygen atoms in total. The Hall–Kier alpha value is -4.97. The molecule has 0 aliphatic rings. The summed E-state index contributed by atoms with van der Waals surface area (Å²) in [6.07, 6.45) is 0. The molecule has 0 bridgehead atoms. The number of fused-ring (bicyclic) bond motifs is 2. The van der Waals surface area contributed by atoms with Gasteiger partial charge in [-0.2, -0.15) is 0 Å². The largest absolute Gasteiger partial charge is 0.478 e. The smallest absolute Gasteiger partial charge is 0.336 e. The number of carboxylic acids is 1. The molecule has 5 aromatic rings. The van der Waals surface area contributed by atoms with Crippen LogP contribution < -0.4 is 10.6 Å². The zero-order chi connectivity index (χ0) is 24.4. The van der Waals surface area contributed by atoms with E-state index in [4.69, 9.17) is 0 Å². The molecule has 170 valence electrons. The number of nitrogens with one attached hydrogen (secondary N) is 2.